The van der Waals surface area contributed by atoms with Gasteiger partial charge in [-0.15, -0.1) is 0 Å². The van der Waals surface area contributed by atoms with Crippen LogP contribution in [0, 0.1) is 23.4 Å². The lowest BCUT2D eigenvalue weighted by Gasteiger charge is -2.39. The summed E-state index contributed by atoms with van der Waals surface area (Å²) in [7, 11) is 0. The molecule has 3 amide bonds. The Labute approximate surface area is 188 Å². The lowest BCUT2D eigenvalue weighted by molar-refractivity contribution is -0.117. The third kappa shape index (κ3) is 3.13. The summed E-state index contributed by atoms with van der Waals surface area (Å²) in [6.07, 6.45) is 7.98. The molecule has 2 aromatic rings. The molecule has 3 heterocycles. The fourth-order valence-corrected chi connectivity index (χ4v) is 6.33. The van der Waals surface area contributed by atoms with Crippen molar-refractivity contribution in [2.24, 2.45) is 5.92 Å². The molecular weight excluding hydrogens is 435 g/mol. The zero-order valence-corrected chi connectivity index (χ0v) is 17.9. The van der Waals surface area contributed by atoms with E-state index >= 15 is 0 Å². The van der Waals surface area contributed by atoms with Crippen molar-refractivity contribution in [3.63, 3.8) is 0 Å². The molecular formula is C23H24F3N5O2. The molecule has 1 aromatic carbocycles. The SMILES string of the molecule is O=C(Nc1cc(F)c(F)c(F)c1)N1Cc2c(N3C(=O)C[C@H]4CCC[C@H]43)cnn2[C@@H]2CCC[C@@H]21. The maximum Gasteiger partial charge on any atom is 0.322 e. The number of rotatable bonds is 2. The number of benzene rings is 1. The van der Waals surface area contributed by atoms with Gasteiger partial charge in [0, 0.05) is 30.3 Å². The van der Waals surface area contributed by atoms with E-state index < -0.39 is 23.5 Å². The molecule has 1 N–H and O–H groups in total. The van der Waals surface area contributed by atoms with Gasteiger partial charge in [-0.25, -0.2) is 18.0 Å². The Morgan fingerprint density at radius 3 is 2.48 bits per heavy atom. The molecule has 2 saturated carbocycles. The van der Waals surface area contributed by atoms with Crippen molar-refractivity contribution in [3.05, 3.63) is 41.5 Å². The lowest BCUT2D eigenvalue weighted by atomic mass is 10.0. The number of hydrogen-bond acceptors (Lipinski definition) is 3. The summed E-state index contributed by atoms with van der Waals surface area (Å²) >= 11 is 0. The Kier molecular flexibility index (Phi) is 4.67. The van der Waals surface area contributed by atoms with E-state index in [1.54, 1.807) is 11.1 Å². The van der Waals surface area contributed by atoms with Crippen LogP contribution in [-0.2, 0) is 11.3 Å². The molecule has 10 heteroatoms. The molecule has 3 fully saturated rings. The smallest absolute Gasteiger partial charge is 0.313 e. The zero-order chi connectivity index (χ0) is 22.9. The van der Waals surface area contributed by atoms with Crippen LogP contribution in [0.5, 0.6) is 0 Å². The first-order valence-corrected chi connectivity index (χ1v) is 11.5. The maximum absolute atomic E-state index is 13.6. The number of carbonyl (C=O) groups excluding carboxylic acids is 2. The van der Waals surface area contributed by atoms with Crippen molar-refractivity contribution >= 4 is 23.3 Å². The monoisotopic (exact) mass is 459 g/mol. The van der Waals surface area contributed by atoms with Gasteiger partial charge in [0.25, 0.3) is 0 Å². The number of fused-ring (bicyclic) bond motifs is 4. The quantitative estimate of drug-likeness (QED) is 0.679. The number of hydrogen-bond donors (Lipinski definition) is 1. The molecule has 174 valence electrons. The number of halogens is 3. The van der Waals surface area contributed by atoms with Gasteiger partial charge < -0.3 is 15.1 Å². The Morgan fingerprint density at radius 2 is 1.70 bits per heavy atom. The fraction of sp³-hybridized carbons (Fsp3) is 0.522. The minimum atomic E-state index is -1.57. The number of anilines is 2. The van der Waals surface area contributed by atoms with E-state index in [9.17, 15) is 22.8 Å². The highest BCUT2D eigenvalue weighted by Crippen LogP contribution is 2.46. The summed E-state index contributed by atoms with van der Waals surface area (Å²) in [5.41, 5.74) is 1.43. The van der Waals surface area contributed by atoms with E-state index in [4.69, 9.17) is 0 Å². The molecule has 4 aliphatic rings. The summed E-state index contributed by atoms with van der Waals surface area (Å²) in [6, 6.07) is 1.07. The van der Waals surface area contributed by atoms with E-state index in [0.717, 1.165) is 62.0 Å². The van der Waals surface area contributed by atoms with Crippen LogP contribution in [0.15, 0.2) is 18.3 Å². The molecule has 1 saturated heterocycles. The van der Waals surface area contributed by atoms with Crippen LogP contribution in [-0.4, -0.2) is 38.7 Å². The van der Waals surface area contributed by atoms with Crippen molar-refractivity contribution < 1.29 is 22.8 Å². The second kappa shape index (κ2) is 7.50. The van der Waals surface area contributed by atoms with Crippen LogP contribution < -0.4 is 10.2 Å². The molecule has 2 aliphatic carbocycles. The number of nitrogens with zero attached hydrogens (tertiary/aromatic N) is 4. The van der Waals surface area contributed by atoms with E-state index in [1.165, 1.54) is 0 Å². The number of aromatic nitrogens is 2. The van der Waals surface area contributed by atoms with Crippen molar-refractivity contribution in [3.8, 4) is 0 Å². The standard InChI is InChI=1S/C23H24F3N5O2/c24-14-8-13(9-15(25)22(14)26)28-23(33)29-11-20-19(10-27-31(20)18-6-2-5-17(18)29)30-16-4-1-3-12(16)7-21(30)32/h8-10,12,16-18H,1-7,11H2,(H,28,33)/t12-,16-,17+,18-/m1/s1. The highest BCUT2D eigenvalue weighted by atomic mass is 19.2. The fourth-order valence-electron chi connectivity index (χ4n) is 6.33. The summed E-state index contributed by atoms with van der Waals surface area (Å²) in [6.45, 7) is 0.232. The van der Waals surface area contributed by atoms with Crippen molar-refractivity contribution in [2.75, 3.05) is 10.2 Å². The number of carbonyl (C=O) groups is 2. The van der Waals surface area contributed by atoms with Crippen molar-refractivity contribution in [2.45, 2.75) is 69.6 Å². The Bertz CT molecular complexity index is 1130. The van der Waals surface area contributed by atoms with Crippen LogP contribution in [0.2, 0.25) is 0 Å². The lowest BCUT2D eigenvalue weighted by Crippen LogP contribution is -2.49. The maximum atomic E-state index is 13.6. The summed E-state index contributed by atoms with van der Waals surface area (Å²) in [5.74, 6) is -3.82. The number of urea groups is 1. The molecule has 0 spiro atoms. The largest absolute Gasteiger partial charge is 0.322 e. The average Bonchev–Trinajstić information content (AvgIpc) is 3.54. The highest BCUT2D eigenvalue weighted by molar-refractivity contribution is 5.97. The van der Waals surface area contributed by atoms with Gasteiger partial charge in [0.05, 0.1) is 36.2 Å². The van der Waals surface area contributed by atoms with Gasteiger partial charge in [-0.2, -0.15) is 5.10 Å². The summed E-state index contributed by atoms with van der Waals surface area (Å²) in [4.78, 5) is 29.6. The molecule has 1 aromatic heterocycles. The van der Waals surface area contributed by atoms with Gasteiger partial charge in [-0.3, -0.25) is 9.48 Å². The van der Waals surface area contributed by atoms with Gasteiger partial charge in [0.2, 0.25) is 5.91 Å². The van der Waals surface area contributed by atoms with Crippen LogP contribution in [0.4, 0.5) is 29.3 Å². The van der Waals surface area contributed by atoms with Crippen LogP contribution in [0.3, 0.4) is 0 Å². The van der Waals surface area contributed by atoms with Gasteiger partial charge in [0.15, 0.2) is 17.5 Å². The Balaban J connectivity index is 1.32. The van der Waals surface area contributed by atoms with E-state index in [0.29, 0.717) is 12.3 Å². The Morgan fingerprint density at radius 1 is 1.00 bits per heavy atom. The van der Waals surface area contributed by atoms with Gasteiger partial charge in [-0.1, -0.05) is 6.42 Å². The van der Waals surface area contributed by atoms with Crippen LogP contribution >= 0.6 is 0 Å². The van der Waals surface area contributed by atoms with Crippen LogP contribution in [0.25, 0.3) is 0 Å². The third-order valence-electron chi connectivity index (χ3n) is 7.77. The minimum Gasteiger partial charge on any atom is -0.313 e. The first kappa shape index (κ1) is 20.6. The van der Waals surface area contributed by atoms with E-state index in [1.807, 2.05) is 9.58 Å². The highest BCUT2D eigenvalue weighted by Gasteiger charge is 2.47. The molecule has 2 aliphatic heterocycles. The second-order valence-electron chi connectivity index (χ2n) is 9.52. The predicted molar refractivity (Wildman–Crippen MR) is 113 cm³/mol. The summed E-state index contributed by atoms with van der Waals surface area (Å²) in [5, 5.41) is 7.15. The summed E-state index contributed by atoms with van der Waals surface area (Å²) < 4.78 is 42.6. The molecule has 6 rings (SSSR count). The number of nitrogens with one attached hydrogen (secondary N) is 1. The van der Waals surface area contributed by atoms with Crippen molar-refractivity contribution in [1.29, 1.82) is 0 Å². The van der Waals surface area contributed by atoms with Gasteiger partial charge >= 0.3 is 6.03 Å². The molecule has 4 atom stereocenters. The molecule has 7 nitrogen and oxygen atoms in total. The molecule has 33 heavy (non-hydrogen) atoms. The van der Waals surface area contributed by atoms with Crippen LogP contribution in [0.1, 0.15) is 56.7 Å². The second-order valence-corrected chi connectivity index (χ2v) is 9.52. The molecule has 0 radical (unpaired) electrons. The first-order valence-electron chi connectivity index (χ1n) is 11.5. The molecule has 0 bridgehead atoms. The normalized spacial score (nSPS) is 28.2. The van der Waals surface area contributed by atoms with E-state index in [2.05, 4.69) is 10.4 Å². The van der Waals surface area contributed by atoms with Gasteiger partial charge in [-0.05, 0) is 38.0 Å². The van der Waals surface area contributed by atoms with Gasteiger partial charge in [0.1, 0.15) is 0 Å². The third-order valence-corrected chi connectivity index (χ3v) is 7.77. The first-order chi connectivity index (χ1) is 15.9. The predicted octanol–water partition coefficient (Wildman–Crippen LogP) is 4.35. The molecule has 0 unspecified atom stereocenters. The Hall–Kier alpha value is -3.04. The topological polar surface area (TPSA) is 70.5 Å². The zero-order valence-electron chi connectivity index (χ0n) is 17.9. The number of amides is 3. The average molecular weight is 459 g/mol. The minimum absolute atomic E-state index is 0.0213. The van der Waals surface area contributed by atoms with Crippen molar-refractivity contribution in [1.82, 2.24) is 14.7 Å². The van der Waals surface area contributed by atoms with E-state index in [-0.39, 0.29) is 36.3 Å².